The van der Waals surface area contributed by atoms with Crippen molar-refractivity contribution in [1.82, 2.24) is 0 Å². The zero-order valence-corrected chi connectivity index (χ0v) is 21.4. The molecule has 0 bridgehead atoms. The van der Waals surface area contributed by atoms with Gasteiger partial charge in [0.1, 0.15) is 0 Å². The first-order chi connectivity index (χ1) is 17.8. The van der Waals surface area contributed by atoms with Crippen LogP contribution in [0.1, 0.15) is 9.67 Å². The maximum absolute atomic E-state index is 14.9. The number of benzene rings is 3. The zero-order chi connectivity index (χ0) is 26.5. The smallest absolute Gasteiger partial charge is 0.417 e. The zero-order valence-electron chi connectivity index (χ0n) is 19.7. The second kappa shape index (κ2) is 11.2. The van der Waals surface area contributed by atoms with Crippen molar-refractivity contribution >= 4 is 51.2 Å². The molecule has 0 aliphatic carbocycles. The normalized spacial score (nSPS) is 12.2. The van der Waals surface area contributed by atoms with E-state index in [2.05, 4.69) is 0 Å². The number of esters is 1. The fourth-order valence-corrected chi connectivity index (χ4v) is 9.30. The predicted octanol–water partition coefficient (Wildman–Crippen LogP) is 5.76. The van der Waals surface area contributed by atoms with Gasteiger partial charge in [-0.1, -0.05) is 97.1 Å². The third-order valence-electron chi connectivity index (χ3n) is 5.74. The number of allylic oxidation sites excluding steroid dienone is 1. The molecule has 0 aliphatic rings. The van der Waals surface area contributed by atoms with E-state index in [4.69, 9.17) is 4.74 Å². The molecule has 1 heterocycles. The molecule has 0 spiro atoms. The van der Waals surface area contributed by atoms with Gasteiger partial charge in [-0.2, -0.15) is 13.2 Å². The Bertz CT molecular complexity index is 1360. The van der Waals surface area contributed by atoms with Crippen LogP contribution in [0.25, 0.3) is 0 Å². The summed E-state index contributed by atoms with van der Waals surface area (Å²) in [5.74, 6) is -1.98. The highest BCUT2D eigenvalue weighted by Gasteiger charge is 2.45. The van der Waals surface area contributed by atoms with Crippen molar-refractivity contribution in [3.05, 3.63) is 125 Å². The summed E-state index contributed by atoms with van der Waals surface area (Å²) in [6, 6.07) is 28.9. The average molecular weight is 539 g/mol. The summed E-state index contributed by atoms with van der Waals surface area (Å²) >= 11 is 1.03. The number of alkyl halides is 3. The van der Waals surface area contributed by atoms with Crippen molar-refractivity contribution in [2.45, 2.75) is 6.18 Å². The first-order valence-electron chi connectivity index (χ1n) is 11.2. The van der Waals surface area contributed by atoms with E-state index in [1.165, 1.54) is 6.07 Å². The summed E-state index contributed by atoms with van der Waals surface area (Å²) in [5, 5.41) is 2.58. The Morgan fingerprint density at radius 2 is 1.22 bits per heavy atom. The molecule has 4 rings (SSSR count). The first-order valence-corrected chi connectivity index (χ1v) is 13.9. The molecular formula is C29H22F3O3PS. The second-order valence-electron chi connectivity index (χ2n) is 7.91. The number of hydrogen-bond donors (Lipinski definition) is 0. The van der Waals surface area contributed by atoms with Gasteiger partial charge < -0.3 is 4.74 Å². The molecule has 0 radical (unpaired) electrons. The number of hydrogen-bond acceptors (Lipinski definition) is 4. The number of ketones is 1. The molecule has 3 nitrogen and oxygen atoms in total. The molecule has 0 saturated carbocycles. The molecule has 37 heavy (non-hydrogen) atoms. The van der Waals surface area contributed by atoms with Gasteiger partial charge in [-0.3, -0.25) is 4.79 Å². The molecule has 0 aliphatic heterocycles. The van der Waals surface area contributed by atoms with Crippen molar-refractivity contribution in [1.29, 1.82) is 0 Å². The lowest BCUT2D eigenvalue weighted by molar-refractivity contribution is -0.133. The summed E-state index contributed by atoms with van der Waals surface area (Å²) in [4.78, 5) is 26.7. The van der Waals surface area contributed by atoms with Gasteiger partial charge in [-0.25, -0.2) is 4.79 Å². The third-order valence-corrected chi connectivity index (χ3v) is 10.9. The average Bonchev–Trinajstić information content (AvgIpc) is 3.46. The summed E-state index contributed by atoms with van der Waals surface area (Å²) in [6.07, 6.45) is -4.50. The molecule has 0 fully saturated rings. The Hall–Kier alpha value is -3.67. The predicted molar refractivity (Wildman–Crippen MR) is 145 cm³/mol. The Kier molecular flexibility index (Phi) is 7.96. The van der Waals surface area contributed by atoms with Crippen molar-refractivity contribution in [2.24, 2.45) is 0 Å². The molecular weight excluding hydrogens is 516 g/mol. The Labute approximate surface area is 216 Å². The van der Waals surface area contributed by atoms with Crippen molar-refractivity contribution < 1.29 is 27.5 Å². The summed E-state index contributed by atoms with van der Waals surface area (Å²) < 4.78 is 49.8. The maximum Gasteiger partial charge on any atom is 0.417 e. The molecule has 0 atom stereocenters. The topological polar surface area (TPSA) is 43.4 Å². The molecule has 3 aromatic carbocycles. The second-order valence-corrected chi connectivity index (χ2v) is 12.2. The number of rotatable bonds is 7. The lowest BCUT2D eigenvalue weighted by Crippen LogP contribution is -2.38. The summed E-state index contributed by atoms with van der Waals surface area (Å²) in [5.41, 5.74) is -1.32. The Morgan fingerprint density at radius 1 is 0.757 bits per heavy atom. The van der Waals surface area contributed by atoms with Crippen LogP contribution in [0.4, 0.5) is 13.2 Å². The van der Waals surface area contributed by atoms with E-state index in [-0.39, 0.29) is 4.88 Å². The lowest BCUT2D eigenvalue weighted by atomic mass is 10.1. The van der Waals surface area contributed by atoms with Crippen LogP contribution in [-0.2, 0) is 9.53 Å². The van der Waals surface area contributed by atoms with Gasteiger partial charge in [0, 0.05) is 6.08 Å². The highest BCUT2D eigenvalue weighted by Crippen LogP contribution is 2.50. The number of thiophene rings is 1. The van der Waals surface area contributed by atoms with E-state index in [0.717, 1.165) is 18.4 Å². The molecule has 0 saturated heterocycles. The fourth-order valence-electron chi connectivity index (χ4n) is 4.22. The molecule has 1 aromatic heterocycles. The van der Waals surface area contributed by atoms with Gasteiger partial charge in [0.2, 0.25) is 0 Å². The molecule has 4 aromatic rings. The van der Waals surface area contributed by atoms with E-state index < -0.39 is 35.7 Å². The lowest BCUT2D eigenvalue weighted by Gasteiger charge is -2.33. The van der Waals surface area contributed by atoms with E-state index in [9.17, 15) is 22.8 Å². The third kappa shape index (κ3) is 5.24. The Balaban J connectivity index is 2.30. The number of halogens is 3. The molecule has 0 unspecified atom stereocenters. The monoisotopic (exact) mass is 538 g/mol. The van der Waals surface area contributed by atoms with Crippen molar-refractivity contribution in [2.75, 3.05) is 7.11 Å². The van der Waals surface area contributed by atoms with Gasteiger partial charge in [-0.05, 0) is 34.2 Å². The van der Waals surface area contributed by atoms with Crippen LogP contribution in [0.15, 0.2) is 120 Å². The van der Waals surface area contributed by atoms with Crippen LogP contribution in [-0.4, -0.2) is 30.3 Å². The first kappa shape index (κ1) is 26.4. The summed E-state index contributed by atoms with van der Waals surface area (Å²) in [7, 11) is 1.05. The minimum Gasteiger partial charge on any atom is -0.465 e. The van der Waals surface area contributed by atoms with Gasteiger partial charge in [0.05, 0.1) is 22.9 Å². The minimum absolute atomic E-state index is 0.133. The molecule has 0 N–H and O–H groups in total. The minimum atomic E-state index is -5.03. The summed E-state index contributed by atoms with van der Waals surface area (Å²) in [6.45, 7) is -3.52. The number of methoxy groups -OCH3 is 1. The number of carbonyl (C=O) groups is 2. The highest BCUT2D eigenvalue weighted by molar-refractivity contribution is 7.96. The van der Waals surface area contributed by atoms with E-state index in [1.54, 1.807) is 102 Å². The van der Waals surface area contributed by atoms with Crippen LogP contribution < -0.4 is 15.9 Å². The standard InChI is InChI=1S/C29H22F3O3PS/c1-35-28(34)27(24(29(30,31)32)20-25(33)26-18-11-19-37-26)36(21-12-5-2-6-13-21,22-14-7-3-8-15-22)23-16-9-4-10-17-23/h2-20H,1H3/b24-20-. The molecule has 0 amide bonds. The van der Waals surface area contributed by atoms with Gasteiger partial charge in [-0.15, -0.1) is 11.3 Å². The van der Waals surface area contributed by atoms with Crippen LogP contribution in [0.3, 0.4) is 0 Å². The number of carbonyl (C=O) groups excluding carboxylic acids is 2. The number of ether oxygens (including phenoxy) is 1. The molecule has 8 heteroatoms. The van der Waals surface area contributed by atoms with Crippen LogP contribution in [0.2, 0.25) is 0 Å². The van der Waals surface area contributed by atoms with Gasteiger partial charge in [0.15, 0.2) is 5.78 Å². The van der Waals surface area contributed by atoms with Gasteiger partial charge in [0.25, 0.3) is 0 Å². The SMILES string of the molecule is COC(=O)C(/C(=C/C(=O)c1cccs1)C(F)(F)F)=P(c1ccccc1)(c1ccccc1)c1ccccc1. The van der Waals surface area contributed by atoms with Crippen LogP contribution in [0.5, 0.6) is 0 Å². The van der Waals surface area contributed by atoms with Gasteiger partial charge >= 0.3 is 12.1 Å². The van der Waals surface area contributed by atoms with E-state index in [0.29, 0.717) is 22.0 Å². The largest absolute Gasteiger partial charge is 0.465 e. The van der Waals surface area contributed by atoms with E-state index >= 15 is 0 Å². The van der Waals surface area contributed by atoms with Crippen LogP contribution in [0, 0.1) is 0 Å². The van der Waals surface area contributed by atoms with E-state index in [1.807, 2.05) is 0 Å². The quantitative estimate of drug-likeness (QED) is 0.130. The molecule has 188 valence electrons. The highest BCUT2D eigenvalue weighted by atomic mass is 32.1. The fraction of sp³-hybridized carbons (Fsp3) is 0.0690. The Morgan fingerprint density at radius 3 is 1.57 bits per heavy atom. The van der Waals surface area contributed by atoms with Crippen molar-refractivity contribution in [3.63, 3.8) is 0 Å². The van der Waals surface area contributed by atoms with Crippen molar-refractivity contribution in [3.8, 4) is 0 Å². The van der Waals surface area contributed by atoms with Crippen LogP contribution >= 0.6 is 18.2 Å². The maximum atomic E-state index is 14.9.